The molecule has 2 nitrogen and oxygen atoms in total. The maximum Gasteiger partial charge on any atom is 0.0582 e. The van der Waals surface area contributed by atoms with Crippen LogP contribution in [0.3, 0.4) is 0 Å². The number of benzene rings is 1. The second kappa shape index (κ2) is 5.22. The Labute approximate surface area is 83.3 Å². The van der Waals surface area contributed by atoms with E-state index in [1.54, 1.807) is 0 Å². The molecule has 0 bridgehead atoms. The Morgan fingerprint density at radius 2 is 2.08 bits per heavy atom. The molecule has 0 aromatic heterocycles. The standard InChI is InChI=1S/C10H14ClNO/c11-10-4-2-1-3-8(10)5-6-9(12)7-13/h1-4,9,13H,5-7,12H2. The van der Waals surface area contributed by atoms with Crippen LogP contribution in [0.1, 0.15) is 12.0 Å². The monoisotopic (exact) mass is 199 g/mol. The summed E-state index contributed by atoms with van der Waals surface area (Å²) in [6, 6.07) is 7.55. The van der Waals surface area contributed by atoms with Crippen molar-refractivity contribution in [1.82, 2.24) is 0 Å². The number of hydrogen-bond donors (Lipinski definition) is 2. The highest BCUT2D eigenvalue weighted by molar-refractivity contribution is 6.31. The van der Waals surface area contributed by atoms with Gasteiger partial charge in [0.25, 0.3) is 0 Å². The number of aryl methyl sites for hydroxylation is 1. The molecule has 72 valence electrons. The summed E-state index contributed by atoms with van der Waals surface area (Å²) in [7, 11) is 0. The Bertz CT molecular complexity index is 265. The van der Waals surface area contributed by atoms with Gasteiger partial charge in [-0.15, -0.1) is 0 Å². The van der Waals surface area contributed by atoms with Gasteiger partial charge in [0.2, 0.25) is 0 Å². The fraction of sp³-hybridized carbons (Fsp3) is 0.400. The molecule has 1 rings (SSSR count). The predicted octanol–water partition coefficient (Wildman–Crippen LogP) is 1.59. The van der Waals surface area contributed by atoms with Gasteiger partial charge in [0.15, 0.2) is 0 Å². The van der Waals surface area contributed by atoms with Crippen molar-refractivity contribution in [2.45, 2.75) is 18.9 Å². The highest BCUT2D eigenvalue weighted by Crippen LogP contribution is 2.16. The molecule has 1 aromatic rings. The van der Waals surface area contributed by atoms with Gasteiger partial charge in [-0.25, -0.2) is 0 Å². The molecule has 1 aromatic carbocycles. The van der Waals surface area contributed by atoms with Crippen molar-refractivity contribution in [2.24, 2.45) is 5.73 Å². The summed E-state index contributed by atoms with van der Waals surface area (Å²) in [5.74, 6) is 0. The van der Waals surface area contributed by atoms with Crippen LogP contribution in [0.15, 0.2) is 24.3 Å². The topological polar surface area (TPSA) is 46.2 Å². The summed E-state index contributed by atoms with van der Waals surface area (Å²) in [4.78, 5) is 0. The van der Waals surface area contributed by atoms with Crippen LogP contribution in [0.4, 0.5) is 0 Å². The minimum Gasteiger partial charge on any atom is -0.395 e. The first-order valence-electron chi connectivity index (χ1n) is 4.34. The van der Waals surface area contributed by atoms with Gasteiger partial charge in [-0.1, -0.05) is 29.8 Å². The molecule has 13 heavy (non-hydrogen) atoms. The van der Waals surface area contributed by atoms with Crippen molar-refractivity contribution >= 4 is 11.6 Å². The summed E-state index contributed by atoms with van der Waals surface area (Å²) in [6.45, 7) is 0.0322. The molecule has 3 N–H and O–H groups in total. The number of rotatable bonds is 4. The maximum atomic E-state index is 8.72. The third-order valence-corrected chi connectivity index (χ3v) is 2.35. The van der Waals surface area contributed by atoms with E-state index in [0.29, 0.717) is 0 Å². The SMILES string of the molecule is NC(CO)CCc1ccccc1Cl. The first kappa shape index (κ1) is 10.5. The van der Waals surface area contributed by atoms with Crippen LogP contribution in [0, 0.1) is 0 Å². The van der Waals surface area contributed by atoms with Gasteiger partial charge < -0.3 is 10.8 Å². The van der Waals surface area contributed by atoms with Crippen molar-refractivity contribution in [2.75, 3.05) is 6.61 Å². The van der Waals surface area contributed by atoms with Crippen molar-refractivity contribution in [3.63, 3.8) is 0 Å². The Balaban J connectivity index is 2.50. The van der Waals surface area contributed by atoms with Crippen LogP contribution in [0.25, 0.3) is 0 Å². The van der Waals surface area contributed by atoms with E-state index < -0.39 is 0 Å². The van der Waals surface area contributed by atoms with Crippen LogP contribution in [0.2, 0.25) is 5.02 Å². The molecule has 0 aliphatic carbocycles. The van der Waals surface area contributed by atoms with Crippen molar-refractivity contribution in [3.8, 4) is 0 Å². The number of nitrogens with two attached hydrogens (primary N) is 1. The number of aliphatic hydroxyl groups excluding tert-OH is 1. The number of aliphatic hydroxyl groups is 1. The molecule has 0 spiro atoms. The fourth-order valence-electron chi connectivity index (χ4n) is 1.13. The highest BCUT2D eigenvalue weighted by Gasteiger charge is 2.03. The molecule has 0 saturated carbocycles. The van der Waals surface area contributed by atoms with E-state index in [1.807, 2.05) is 24.3 Å². The van der Waals surface area contributed by atoms with E-state index >= 15 is 0 Å². The van der Waals surface area contributed by atoms with Crippen LogP contribution in [-0.4, -0.2) is 17.8 Å². The molecule has 1 atom stereocenters. The minimum absolute atomic E-state index is 0.0322. The third-order valence-electron chi connectivity index (χ3n) is 1.98. The Kier molecular flexibility index (Phi) is 4.22. The first-order valence-corrected chi connectivity index (χ1v) is 4.71. The number of hydrogen-bond acceptors (Lipinski definition) is 2. The quantitative estimate of drug-likeness (QED) is 0.774. The second-order valence-corrected chi connectivity index (χ2v) is 3.48. The zero-order valence-electron chi connectivity index (χ0n) is 7.41. The summed E-state index contributed by atoms with van der Waals surface area (Å²) in [6.07, 6.45) is 1.58. The van der Waals surface area contributed by atoms with Crippen LogP contribution >= 0.6 is 11.6 Å². The summed E-state index contributed by atoms with van der Waals surface area (Å²) < 4.78 is 0. The first-order chi connectivity index (χ1) is 6.24. The van der Waals surface area contributed by atoms with Crippen molar-refractivity contribution < 1.29 is 5.11 Å². The van der Waals surface area contributed by atoms with E-state index in [4.69, 9.17) is 22.4 Å². The average molecular weight is 200 g/mol. The van der Waals surface area contributed by atoms with Gasteiger partial charge in [0, 0.05) is 11.1 Å². The lowest BCUT2D eigenvalue weighted by atomic mass is 10.1. The largest absolute Gasteiger partial charge is 0.395 e. The van der Waals surface area contributed by atoms with Crippen molar-refractivity contribution in [3.05, 3.63) is 34.9 Å². The summed E-state index contributed by atoms with van der Waals surface area (Å²) >= 11 is 5.95. The molecule has 0 saturated heterocycles. The van der Waals surface area contributed by atoms with Crippen molar-refractivity contribution in [1.29, 1.82) is 0 Å². The van der Waals surface area contributed by atoms with Gasteiger partial charge in [0.1, 0.15) is 0 Å². The molecule has 0 radical (unpaired) electrons. The molecule has 0 aliphatic rings. The van der Waals surface area contributed by atoms with E-state index in [9.17, 15) is 0 Å². The smallest absolute Gasteiger partial charge is 0.0582 e. The Morgan fingerprint density at radius 3 is 2.69 bits per heavy atom. The van der Waals surface area contributed by atoms with Crippen LogP contribution < -0.4 is 5.73 Å². The Morgan fingerprint density at radius 1 is 1.38 bits per heavy atom. The molecule has 0 aliphatic heterocycles. The van der Waals surface area contributed by atoms with E-state index in [0.717, 1.165) is 23.4 Å². The molecular formula is C10H14ClNO. The lowest BCUT2D eigenvalue weighted by Gasteiger charge is -2.08. The zero-order chi connectivity index (χ0) is 9.68. The third kappa shape index (κ3) is 3.35. The molecular weight excluding hydrogens is 186 g/mol. The predicted molar refractivity (Wildman–Crippen MR) is 54.8 cm³/mol. The Hall–Kier alpha value is -0.570. The van der Waals surface area contributed by atoms with E-state index in [2.05, 4.69) is 0 Å². The van der Waals surface area contributed by atoms with Crippen LogP contribution in [0.5, 0.6) is 0 Å². The molecule has 0 heterocycles. The summed E-state index contributed by atoms with van der Waals surface area (Å²) in [5, 5.41) is 9.50. The zero-order valence-corrected chi connectivity index (χ0v) is 8.17. The average Bonchev–Trinajstić information content (AvgIpc) is 2.16. The summed E-state index contributed by atoms with van der Waals surface area (Å²) in [5.41, 5.74) is 6.67. The lowest BCUT2D eigenvalue weighted by molar-refractivity contribution is 0.260. The normalized spacial score (nSPS) is 12.8. The lowest BCUT2D eigenvalue weighted by Crippen LogP contribution is -2.24. The van der Waals surface area contributed by atoms with Gasteiger partial charge in [0.05, 0.1) is 6.61 Å². The molecule has 3 heteroatoms. The van der Waals surface area contributed by atoms with Gasteiger partial charge in [-0.05, 0) is 24.5 Å². The van der Waals surface area contributed by atoms with E-state index in [1.165, 1.54) is 0 Å². The van der Waals surface area contributed by atoms with Crippen LogP contribution in [-0.2, 0) is 6.42 Å². The fourth-order valence-corrected chi connectivity index (χ4v) is 1.36. The van der Waals surface area contributed by atoms with Gasteiger partial charge in [-0.3, -0.25) is 0 Å². The second-order valence-electron chi connectivity index (χ2n) is 3.07. The minimum atomic E-state index is -0.142. The molecule has 1 unspecified atom stereocenters. The maximum absolute atomic E-state index is 8.72. The van der Waals surface area contributed by atoms with Gasteiger partial charge >= 0.3 is 0 Å². The highest BCUT2D eigenvalue weighted by atomic mass is 35.5. The number of halogens is 1. The van der Waals surface area contributed by atoms with E-state index in [-0.39, 0.29) is 12.6 Å². The molecule has 0 amide bonds. The molecule has 0 fully saturated rings. The van der Waals surface area contributed by atoms with Gasteiger partial charge in [-0.2, -0.15) is 0 Å².